The zero-order chi connectivity index (χ0) is 23.3. The summed E-state index contributed by atoms with van der Waals surface area (Å²) in [6.07, 6.45) is 4.81. The van der Waals surface area contributed by atoms with Crippen LogP contribution in [0.5, 0.6) is 11.5 Å². The molecule has 0 saturated carbocycles. The molecule has 5 rings (SSSR count). The quantitative estimate of drug-likeness (QED) is 0.484. The average Bonchev–Trinajstić information content (AvgIpc) is 3.07. The van der Waals surface area contributed by atoms with E-state index in [-0.39, 0.29) is 5.91 Å². The average molecular weight is 456 g/mol. The third-order valence-electron chi connectivity index (χ3n) is 7.20. The Balaban J connectivity index is 1.11. The van der Waals surface area contributed by atoms with Crippen molar-refractivity contribution in [2.75, 3.05) is 18.9 Å². The predicted octanol–water partition coefficient (Wildman–Crippen LogP) is 5.54. The van der Waals surface area contributed by atoms with Gasteiger partial charge in [-0.2, -0.15) is 0 Å². The van der Waals surface area contributed by atoms with Crippen LogP contribution in [0.1, 0.15) is 31.2 Å². The van der Waals surface area contributed by atoms with Gasteiger partial charge in [-0.1, -0.05) is 48.5 Å². The Kier molecular flexibility index (Phi) is 6.93. The number of carbonyl (C=O) groups is 1. The SMILES string of the molecule is CN(CC(=O)Nc1ccc(Oc2ccccc2)cc1)C1CC2CCC(C1)N2Cc1ccccc1. The van der Waals surface area contributed by atoms with Gasteiger partial charge in [0.25, 0.3) is 0 Å². The topological polar surface area (TPSA) is 44.8 Å². The van der Waals surface area contributed by atoms with Crippen LogP contribution in [0.15, 0.2) is 84.9 Å². The van der Waals surface area contributed by atoms with Crippen molar-refractivity contribution >= 4 is 11.6 Å². The smallest absolute Gasteiger partial charge is 0.238 e. The van der Waals surface area contributed by atoms with E-state index in [1.807, 2.05) is 54.6 Å². The fourth-order valence-electron chi connectivity index (χ4n) is 5.44. The highest BCUT2D eigenvalue weighted by Crippen LogP contribution is 2.38. The third-order valence-corrected chi connectivity index (χ3v) is 7.20. The number of nitrogens with one attached hydrogen (secondary N) is 1. The van der Waals surface area contributed by atoms with Crippen LogP contribution in [0.25, 0.3) is 0 Å². The lowest BCUT2D eigenvalue weighted by Gasteiger charge is -2.42. The number of para-hydroxylation sites is 1. The molecule has 3 aromatic rings. The highest BCUT2D eigenvalue weighted by atomic mass is 16.5. The van der Waals surface area contributed by atoms with Crippen LogP contribution in [0, 0.1) is 0 Å². The van der Waals surface area contributed by atoms with E-state index < -0.39 is 0 Å². The molecule has 1 amide bonds. The highest BCUT2D eigenvalue weighted by Gasteiger charge is 2.41. The summed E-state index contributed by atoms with van der Waals surface area (Å²) in [5, 5.41) is 3.04. The number of rotatable bonds is 8. The lowest BCUT2D eigenvalue weighted by Crippen LogP contribution is -2.50. The van der Waals surface area contributed by atoms with Gasteiger partial charge in [-0.25, -0.2) is 0 Å². The normalized spacial score (nSPS) is 22.0. The zero-order valence-electron chi connectivity index (χ0n) is 19.8. The summed E-state index contributed by atoms with van der Waals surface area (Å²) in [4.78, 5) is 17.7. The number of hydrogen-bond donors (Lipinski definition) is 1. The van der Waals surface area contributed by atoms with E-state index in [9.17, 15) is 4.79 Å². The molecule has 5 heteroatoms. The second-order valence-corrected chi connectivity index (χ2v) is 9.57. The van der Waals surface area contributed by atoms with Crippen molar-refractivity contribution in [2.24, 2.45) is 0 Å². The molecule has 2 aliphatic heterocycles. The summed E-state index contributed by atoms with van der Waals surface area (Å²) < 4.78 is 5.83. The van der Waals surface area contributed by atoms with Crippen LogP contribution in [0.3, 0.4) is 0 Å². The second kappa shape index (κ2) is 10.4. The summed E-state index contributed by atoms with van der Waals surface area (Å²) >= 11 is 0. The van der Waals surface area contributed by atoms with E-state index >= 15 is 0 Å². The Morgan fingerprint density at radius 1 is 0.882 bits per heavy atom. The highest BCUT2D eigenvalue weighted by molar-refractivity contribution is 5.92. The van der Waals surface area contributed by atoms with Gasteiger partial charge < -0.3 is 10.1 Å². The molecule has 2 heterocycles. The van der Waals surface area contributed by atoms with Gasteiger partial charge in [-0.15, -0.1) is 0 Å². The van der Waals surface area contributed by atoms with Crippen molar-refractivity contribution < 1.29 is 9.53 Å². The van der Waals surface area contributed by atoms with Crippen LogP contribution >= 0.6 is 0 Å². The maximum atomic E-state index is 12.7. The molecule has 5 nitrogen and oxygen atoms in total. The molecular formula is C29H33N3O2. The summed E-state index contributed by atoms with van der Waals surface area (Å²) in [6.45, 7) is 1.45. The minimum Gasteiger partial charge on any atom is -0.457 e. The van der Waals surface area contributed by atoms with Crippen molar-refractivity contribution in [1.82, 2.24) is 9.80 Å². The van der Waals surface area contributed by atoms with Crippen molar-refractivity contribution in [3.63, 3.8) is 0 Å². The van der Waals surface area contributed by atoms with Gasteiger partial charge in [-0.05, 0) is 74.7 Å². The van der Waals surface area contributed by atoms with E-state index in [1.165, 1.54) is 18.4 Å². The summed E-state index contributed by atoms with van der Waals surface area (Å²) in [6, 6.07) is 29.7. The third kappa shape index (κ3) is 5.49. The van der Waals surface area contributed by atoms with E-state index in [4.69, 9.17) is 4.74 Å². The Morgan fingerprint density at radius 2 is 1.47 bits per heavy atom. The molecule has 2 bridgehead atoms. The second-order valence-electron chi connectivity index (χ2n) is 9.57. The number of nitrogens with zero attached hydrogens (tertiary/aromatic N) is 2. The predicted molar refractivity (Wildman–Crippen MR) is 136 cm³/mol. The fraction of sp³-hybridized carbons (Fsp3) is 0.345. The van der Waals surface area contributed by atoms with Crippen molar-refractivity contribution in [1.29, 1.82) is 0 Å². The molecule has 2 saturated heterocycles. The molecule has 2 atom stereocenters. The Hall–Kier alpha value is -3.15. The first-order chi connectivity index (χ1) is 16.6. The first-order valence-electron chi connectivity index (χ1n) is 12.3. The fourth-order valence-corrected chi connectivity index (χ4v) is 5.44. The first kappa shape index (κ1) is 22.6. The molecule has 34 heavy (non-hydrogen) atoms. The molecule has 2 fully saturated rings. The number of anilines is 1. The molecule has 0 radical (unpaired) electrons. The molecule has 176 valence electrons. The van der Waals surface area contributed by atoms with E-state index in [2.05, 4.69) is 52.5 Å². The molecule has 2 unspecified atom stereocenters. The van der Waals surface area contributed by atoms with Crippen molar-refractivity contribution in [2.45, 2.75) is 50.4 Å². The molecule has 0 aromatic heterocycles. The minimum atomic E-state index is 0.0262. The van der Waals surface area contributed by atoms with Crippen LogP contribution in [-0.4, -0.2) is 47.4 Å². The summed E-state index contributed by atoms with van der Waals surface area (Å²) in [5.74, 6) is 1.57. The van der Waals surface area contributed by atoms with Crippen LogP contribution in [-0.2, 0) is 11.3 Å². The number of fused-ring (bicyclic) bond motifs is 2. The number of ether oxygens (including phenoxy) is 1. The molecule has 2 aliphatic rings. The zero-order valence-corrected chi connectivity index (χ0v) is 19.8. The van der Waals surface area contributed by atoms with Crippen molar-refractivity contribution in [3.05, 3.63) is 90.5 Å². The van der Waals surface area contributed by atoms with Gasteiger partial charge in [0.2, 0.25) is 5.91 Å². The minimum absolute atomic E-state index is 0.0262. The monoisotopic (exact) mass is 455 g/mol. The lowest BCUT2D eigenvalue weighted by atomic mass is 9.95. The van der Waals surface area contributed by atoms with Crippen LogP contribution < -0.4 is 10.1 Å². The van der Waals surface area contributed by atoms with Gasteiger partial charge >= 0.3 is 0 Å². The van der Waals surface area contributed by atoms with Gasteiger partial charge in [0, 0.05) is 30.4 Å². The standard InChI is InChI=1S/C29H33N3O2/c1-31(26-18-24-14-15-25(19-26)32(24)20-22-8-4-2-5-9-22)21-29(33)30-23-12-16-28(17-13-23)34-27-10-6-3-7-11-27/h2-13,16-17,24-26H,14-15,18-21H2,1H3,(H,30,33). The number of likely N-dealkylation sites (N-methyl/N-ethyl adjacent to an activating group) is 1. The van der Waals surface area contributed by atoms with Gasteiger partial charge in [0.15, 0.2) is 0 Å². The number of carbonyl (C=O) groups excluding carboxylic acids is 1. The molecule has 0 aliphatic carbocycles. The van der Waals surface area contributed by atoms with Gasteiger partial charge in [0.05, 0.1) is 6.54 Å². The number of benzene rings is 3. The number of amides is 1. The molecule has 1 N–H and O–H groups in total. The maximum Gasteiger partial charge on any atom is 0.238 e. The number of hydrogen-bond acceptors (Lipinski definition) is 4. The van der Waals surface area contributed by atoms with Crippen molar-refractivity contribution in [3.8, 4) is 11.5 Å². The Bertz CT molecular complexity index is 1060. The molecule has 3 aromatic carbocycles. The Morgan fingerprint density at radius 3 is 2.12 bits per heavy atom. The lowest BCUT2D eigenvalue weighted by molar-refractivity contribution is -0.117. The largest absolute Gasteiger partial charge is 0.457 e. The summed E-state index contributed by atoms with van der Waals surface area (Å²) in [5.41, 5.74) is 2.18. The van der Waals surface area contributed by atoms with E-state index in [0.29, 0.717) is 24.7 Å². The molecular weight excluding hydrogens is 422 g/mol. The first-order valence-corrected chi connectivity index (χ1v) is 12.3. The maximum absolute atomic E-state index is 12.7. The molecule has 0 spiro atoms. The van der Waals surface area contributed by atoms with Gasteiger partial charge in [0.1, 0.15) is 11.5 Å². The van der Waals surface area contributed by atoms with Crippen LogP contribution in [0.4, 0.5) is 5.69 Å². The van der Waals surface area contributed by atoms with Crippen LogP contribution in [0.2, 0.25) is 0 Å². The van der Waals surface area contributed by atoms with E-state index in [0.717, 1.165) is 36.6 Å². The van der Waals surface area contributed by atoms with Gasteiger partial charge in [-0.3, -0.25) is 14.6 Å². The Labute approximate surface area is 202 Å². The summed E-state index contributed by atoms with van der Waals surface area (Å²) in [7, 11) is 2.09. The van der Waals surface area contributed by atoms with E-state index in [1.54, 1.807) is 0 Å². The number of piperidine rings is 1.